The first-order chi connectivity index (χ1) is 17.1. The number of hydrogen-bond donors (Lipinski definition) is 1. The van der Waals surface area contributed by atoms with Crippen LogP contribution in [0.2, 0.25) is 0 Å². The molecule has 1 aliphatic rings. The van der Waals surface area contributed by atoms with Crippen LogP contribution in [0.3, 0.4) is 0 Å². The molecule has 5 rings (SSSR count). The maximum atomic E-state index is 13.5. The van der Waals surface area contributed by atoms with Crippen LogP contribution in [0.25, 0.3) is 0 Å². The molecule has 0 aromatic heterocycles. The van der Waals surface area contributed by atoms with E-state index in [-0.39, 0.29) is 35.4 Å². The van der Waals surface area contributed by atoms with Crippen molar-refractivity contribution in [2.75, 3.05) is 6.54 Å². The van der Waals surface area contributed by atoms with Crippen molar-refractivity contribution in [3.8, 4) is 0 Å². The summed E-state index contributed by atoms with van der Waals surface area (Å²) < 4.78 is 0. The molecule has 0 radical (unpaired) electrons. The summed E-state index contributed by atoms with van der Waals surface area (Å²) in [4.78, 5) is 26.2. The summed E-state index contributed by atoms with van der Waals surface area (Å²) >= 11 is 0. The van der Waals surface area contributed by atoms with Crippen LogP contribution in [0, 0.1) is 5.92 Å². The smallest absolute Gasteiger partial charge is 0.251 e. The van der Waals surface area contributed by atoms with E-state index in [2.05, 4.69) is 48.6 Å². The highest BCUT2D eigenvalue weighted by atomic mass is 16.1. The van der Waals surface area contributed by atoms with Gasteiger partial charge in [-0.3, -0.25) is 9.59 Å². The Labute approximate surface area is 206 Å². The molecule has 0 aliphatic heterocycles. The van der Waals surface area contributed by atoms with Gasteiger partial charge in [0.2, 0.25) is 0 Å². The molecule has 3 heteroatoms. The first-order valence-corrected chi connectivity index (χ1v) is 12.2. The standard InChI is InChI=1S/C32H29NO2/c1-22(23-11-5-2-6-12-23)21-33-32(35)27-19-17-26(18-20-27)31(34)30-28(24-13-7-3-8-14-24)29(30)25-15-9-4-10-16-25/h2-20,22,28-30H,21H2,1H3,(H,33,35)/t22-,28-,29+,30?/m1/s1. The first-order valence-electron chi connectivity index (χ1n) is 12.2. The molecule has 0 saturated heterocycles. The van der Waals surface area contributed by atoms with Crippen LogP contribution >= 0.6 is 0 Å². The lowest BCUT2D eigenvalue weighted by Crippen LogP contribution is -2.27. The summed E-state index contributed by atoms with van der Waals surface area (Å²) in [6, 6.07) is 37.8. The summed E-state index contributed by atoms with van der Waals surface area (Å²) in [5.74, 6) is 0.494. The lowest BCUT2D eigenvalue weighted by Gasteiger charge is -2.13. The Hall–Kier alpha value is -3.98. The van der Waals surface area contributed by atoms with Crippen molar-refractivity contribution >= 4 is 11.7 Å². The third-order valence-corrected chi connectivity index (χ3v) is 7.06. The van der Waals surface area contributed by atoms with Crippen molar-refractivity contribution in [1.29, 1.82) is 0 Å². The highest BCUT2D eigenvalue weighted by molar-refractivity contribution is 6.02. The SMILES string of the molecule is C[C@H](CNC(=O)c1ccc(C(=O)C2[C@@H](c3ccccc3)[C@H]2c2ccccc2)cc1)c1ccccc1. The molecule has 174 valence electrons. The number of nitrogens with one attached hydrogen (secondary N) is 1. The zero-order chi connectivity index (χ0) is 24.2. The molecule has 4 aromatic carbocycles. The lowest BCUT2D eigenvalue weighted by molar-refractivity contribution is 0.0944. The molecule has 4 aromatic rings. The van der Waals surface area contributed by atoms with Crippen molar-refractivity contribution in [2.45, 2.75) is 24.7 Å². The van der Waals surface area contributed by atoms with Crippen LogP contribution in [0.4, 0.5) is 0 Å². The predicted octanol–water partition coefficient (Wildman–Crippen LogP) is 6.60. The van der Waals surface area contributed by atoms with Crippen molar-refractivity contribution in [3.05, 3.63) is 143 Å². The van der Waals surface area contributed by atoms with E-state index in [0.717, 1.165) is 0 Å². The Bertz CT molecular complexity index is 1240. The van der Waals surface area contributed by atoms with Crippen LogP contribution in [-0.4, -0.2) is 18.2 Å². The maximum absolute atomic E-state index is 13.5. The summed E-state index contributed by atoms with van der Waals surface area (Å²) in [6.45, 7) is 2.66. The fourth-order valence-corrected chi connectivity index (χ4v) is 5.04. The van der Waals surface area contributed by atoms with Crippen molar-refractivity contribution in [1.82, 2.24) is 5.32 Å². The van der Waals surface area contributed by atoms with Gasteiger partial charge in [0.15, 0.2) is 5.78 Å². The van der Waals surface area contributed by atoms with Crippen LogP contribution in [0.5, 0.6) is 0 Å². The number of hydrogen-bond acceptors (Lipinski definition) is 2. The van der Waals surface area contributed by atoms with E-state index < -0.39 is 0 Å². The Balaban J connectivity index is 1.28. The summed E-state index contributed by atoms with van der Waals surface area (Å²) in [7, 11) is 0. The van der Waals surface area contributed by atoms with E-state index >= 15 is 0 Å². The number of Topliss-reactive ketones (excluding diaryl/α,β-unsaturated/α-hetero) is 1. The second kappa shape index (κ2) is 10.1. The fraction of sp³-hybridized carbons (Fsp3) is 0.188. The lowest BCUT2D eigenvalue weighted by atomic mass is 10.00. The number of rotatable bonds is 8. The van der Waals surface area contributed by atoms with Gasteiger partial charge in [-0.15, -0.1) is 0 Å². The quantitative estimate of drug-likeness (QED) is 0.302. The predicted molar refractivity (Wildman–Crippen MR) is 140 cm³/mol. The first kappa shape index (κ1) is 22.8. The molecule has 35 heavy (non-hydrogen) atoms. The van der Waals surface area contributed by atoms with Crippen LogP contribution in [0.1, 0.15) is 62.1 Å². The molecule has 1 amide bonds. The van der Waals surface area contributed by atoms with Gasteiger partial charge in [0, 0.05) is 35.4 Å². The normalized spacial score (nSPS) is 19.5. The Kier molecular flexibility index (Phi) is 6.58. The maximum Gasteiger partial charge on any atom is 0.251 e. The molecule has 1 saturated carbocycles. The van der Waals surface area contributed by atoms with Gasteiger partial charge < -0.3 is 5.32 Å². The van der Waals surface area contributed by atoms with Gasteiger partial charge in [0.1, 0.15) is 0 Å². The zero-order valence-corrected chi connectivity index (χ0v) is 19.8. The average molecular weight is 460 g/mol. The molecule has 3 nitrogen and oxygen atoms in total. The molecule has 0 heterocycles. The summed E-state index contributed by atoms with van der Waals surface area (Å²) in [6.07, 6.45) is 0. The van der Waals surface area contributed by atoms with Gasteiger partial charge in [-0.1, -0.05) is 110 Å². The van der Waals surface area contributed by atoms with Gasteiger partial charge in [-0.05, 0) is 34.7 Å². The Morgan fingerprint density at radius 3 is 1.63 bits per heavy atom. The molecule has 1 N–H and O–H groups in total. The van der Waals surface area contributed by atoms with Gasteiger partial charge in [-0.25, -0.2) is 0 Å². The monoisotopic (exact) mass is 459 g/mol. The number of benzene rings is 4. The Morgan fingerprint density at radius 1 is 0.657 bits per heavy atom. The van der Waals surface area contributed by atoms with Crippen molar-refractivity contribution in [2.24, 2.45) is 5.92 Å². The van der Waals surface area contributed by atoms with Crippen molar-refractivity contribution in [3.63, 3.8) is 0 Å². The number of carbonyl (C=O) groups excluding carboxylic acids is 2. The topological polar surface area (TPSA) is 46.2 Å². The van der Waals surface area contributed by atoms with Gasteiger partial charge in [0.25, 0.3) is 5.91 Å². The van der Waals surface area contributed by atoms with Crippen LogP contribution < -0.4 is 5.32 Å². The second-order valence-corrected chi connectivity index (χ2v) is 9.36. The molecule has 1 aliphatic carbocycles. The molecule has 4 atom stereocenters. The molecular weight excluding hydrogens is 430 g/mol. The number of ketones is 1. The van der Waals surface area contributed by atoms with E-state index in [1.807, 2.05) is 54.6 Å². The molecule has 0 spiro atoms. The zero-order valence-electron chi connectivity index (χ0n) is 19.8. The molecular formula is C32H29NO2. The fourth-order valence-electron chi connectivity index (χ4n) is 5.04. The van der Waals surface area contributed by atoms with Crippen LogP contribution in [0.15, 0.2) is 115 Å². The third kappa shape index (κ3) is 4.95. The second-order valence-electron chi connectivity index (χ2n) is 9.36. The largest absolute Gasteiger partial charge is 0.351 e. The van der Waals surface area contributed by atoms with E-state index in [9.17, 15) is 9.59 Å². The van der Waals surface area contributed by atoms with E-state index in [0.29, 0.717) is 17.7 Å². The average Bonchev–Trinajstić information content (AvgIpc) is 3.68. The van der Waals surface area contributed by atoms with Crippen LogP contribution in [-0.2, 0) is 0 Å². The van der Waals surface area contributed by atoms with Gasteiger partial charge >= 0.3 is 0 Å². The molecule has 0 bridgehead atoms. The third-order valence-electron chi connectivity index (χ3n) is 7.06. The Morgan fingerprint density at radius 2 is 1.11 bits per heavy atom. The summed E-state index contributed by atoms with van der Waals surface area (Å²) in [5, 5.41) is 3.01. The van der Waals surface area contributed by atoms with E-state index in [4.69, 9.17) is 0 Å². The highest BCUT2D eigenvalue weighted by Crippen LogP contribution is 2.61. The minimum Gasteiger partial charge on any atom is -0.351 e. The minimum absolute atomic E-state index is 0.0915. The summed E-state index contributed by atoms with van der Waals surface area (Å²) in [5.41, 5.74) is 4.81. The van der Waals surface area contributed by atoms with E-state index in [1.165, 1.54) is 16.7 Å². The minimum atomic E-state index is -0.123. The number of carbonyl (C=O) groups is 2. The number of amides is 1. The van der Waals surface area contributed by atoms with Gasteiger partial charge in [-0.2, -0.15) is 0 Å². The molecule has 1 fully saturated rings. The van der Waals surface area contributed by atoms with Gasteiger partial charge in [0.05, 0.1) is 0 Å². The van der Waals surface area contributed by atoms with Crippen molar-refractivity contribution < 1.29 is 9.59 Å². The highest BCUT2D eigenvalue weighted by Gasteiger charge is 2.55. The molecule has 1 unspecified atom stereocenters. The van der Waals surface area contributed by atoms with E-state index in [1.54, 1.807) is 24.3 Å².